The summed E-state index contributed by atoms with van der Waals surface area (Å²) in [6, 6.07) is 20.8. The molecule has 0 aromatic heterocycles. The quantitative estimate of drug-likeness (QED) is 0.0634. The lowest BCUT2D eigenvalue weighted by atomic mass is 9.80. The number of allylic oxidation sites excluding steroid dienone is 6. The zero-order chi connectivity index (χ0) is 50.3. The molecule has 1 aliphatic rings. The first-order valence-corrected chi connectivity index (χ1v) is 27.8. The first-order valence-electron chi connectivity index (χ1n) is 27.0. The minimum absolute atomic E-state index is 0.128. The number of nitrogens with one attached hydrogen (secondary N) is 1. The van der Waals surface area contributed by atoms with Gasteiger partial charge in [0.1, 0.15) is 4.48 Å². The Kier molecular flexibility index (Phi) is 26.6. The third-order valence-corrected chi connectivity index (χ3v) is 13.3. The minimum atomic E-state index is 0.128. The van der Waals surface area contributed by atoms with Crippen LogP contribution >= 0.6 is 15.9 Å². The van der Waals surface area contributed by atoms with Crippen molar-refractivity contribution in [3.8, 4) is 0 Å². The molecule has 0 spiro atoms. The highest BCUT2D eigenvalue weighted by atomic mass is 79.9. The van der Waals surface area contributed by atoms with Gasteiger partial charge in [0.2, 0.25) is 0 Å². The first kappa shape index (κ1) is 60.0. The molecule has 0 unspecified atom stereocenters. The highest BCUT2D eigenvalue weighted by Gasteiger charge is 2.22. The molecule has 4 rings (SSSR count). The number of benzene rings is 3. The maximum Gasteiger partial charge on any atom is 0.101 e. The van der Waals surface area contributed by atoms with E-state index in [1.54, 1.807) is 0 Å². The van der Waals surface area contributed by atoms with Crippen molar-refractivity contribution in [3.63, 3.8) is 0 Å². The van der Waals surface area contributed by atoms with Crippen LogP contribution in [0.2, 0.25) is 0 Å². The summed E-state index contributed by atoms with van der Waals surface area (Å²) < 4.78 is 1.22. The van der Waals surface area contributed by atoms with Crippen molar-refractivity contribution < 1.29 is 0 Å². The standard InChI is InChI=1S/C32H51N.C18H28Br.C14H23N/c1-9-11-13-15-17-25-19-26(18-16-14-12-10-2)21-29(20-25)33-30-23-27(31(3,4)5)22-28(24-30)32(6,7)8;1-3-5-7-9-11-16-13-17(15-18(19)14-16)12-10-8-6-4-2;1-13(2,3)10-7-11(14(4,5)6)9-12(15)8-10/h19-24,33H,9-18H2,1-8H3;11,13-15H,3-10,12H2,1-2H3;7-9H,15H2,1-6H3/q;+1;. The van der Waals surface area contributed by atoms with Gasteiger partial charge in [-0.3, -0.25) is 0 Å². The van der Waals surface area contributed by atoms with Crippen molar-refractivity contribution >= 4 is 33.0 Å². The van der Waals surface area contributed by atoms with E-state index in [2.05, 4.69) is 211 Å². The van der Waals surface area contributed by atoms with E-state index < -0.39 is 0 Å². The van der Waals surface area contributed by atoms with Gasteiger partial charge in [-0.15, -0.1) is 0 Å². The predicted octanol–water partition coefficient (Wildman–Crippen LogP) is 21.0. The van der Waals surface area contributed by atoms with Gasteiger partial charge in [0.05, 0.1) is 5.57 Å². The molecule has 3 aromatic rings. The second-order valence-electron chi connectivity index (χ2n) is 23.8. The molecule has 3 heteroatoms. The Morgan fingerprint density at radius 3 is 1.27 bits per heavy atom. The number of anilines is 3. The number of rotatable bonds is 21. The fraction of sp³-hybridized carbons (Fsp3) is 0.609. The Morgan fingerprint density at radius 2 is 0.851 bits per heavy atom. The summed E-state index contributed by atoms with van der Waals surface area (Å²) in [5.41, 5.74) is 21.1. The summed E-state index contributed by atoms with van der Waals surface area (Å²) in [5.74, 6) is 0. The van der Waals surface area contributed by atoms with Crippen LogP contribution in [0.3, 0.4) is 0 Å². The number of nitrogens with two attached hydrogens (primary N) is 1. The highest BCUT2D eigenvalue weighted by Crippen LogP contribution is 2.35. The Balaban J connectivity index is 0.000000382. The summed E-state index contributed by atoms with van der Waals surface area (Å²) in [6.07, 6.45) is 33.9. The van der Waals surface area contributed by atoms with Gasteiger partial charge < -0.3 is 11.1 Å². The topological polar surface area (TPSA) is 38.0 Å². The molecule has 0 amide bonds. The maximum atomic E-state index is 5.95. The third kappa shape index (κ3) is 24.8. The Morgan fingerprint density at radius 1 is 0.463 bits per heavy atom. The Labute approximate surface area is 424 Å². The maximum absolute atomic E-state index is 5.95. The third-order valence-electron chi connectivity index (χ3n) is 12.8. The summed E-state index contributed by atoms with van der Waals surface area (Å²) in [4.78, 5) is 0. The normalized spacial score (nSPS) is 13.8. The average Bonchev–Trinajstić information content (AvgIpc) is 3.23. The van der Waals surface area contributed by atoms with Gasteiger partial charge in [-0.1, -0.05) is 200 Å². The van der Waals surface area contributed by atoms with Crippen LogP contribution in [0.5, 0.6) is 0 Å². The lowest BCUT2D eigenvalue weighted by Gasteiger charge is -2.26. The van der Waals surface area contributed by atoms with E-state index in [9.17, 15) is 0 Å². The van der Waals surface area contributed by atoms with Crippen molar-refractivity contribution in [1.29, 1.82) is 0 Å². The monoisotopic (exact) mass is 978 g/mol. The van der Waals surface area contributed by atoms with Crippen LogP contribution in [0.1, 0.15) is 253 Å². The van der Waals surface area contributed by atoms with Crippen molar-refractivity contribution in [2.24, 2.45) is 0 Å². The number of hydrogen-bond acceptors (Lipinski definition) is 2. The number of aryl methyl sites for hydroxylation is 2. The van der Waals surface area contributed by atoms with Crippen molar-refractivity contribution in [2.75, 3.05) is 11.1 Å². The molecule has 67 heavy (non-hydrogen) atoms. The Hall–Kier alpha value is -3.17. The van der Waals surface area contributed by atoms with Gasteiger partial charge in [-0.05, 0) is 158 Å². The van der Waals surface area contributed by atoms with Gasteiger partial charge in [-0.25, -0.2) is 0 Å². The molecule has 3 N–H and O–H groups in total. The zero-order valence-corrected chi connectivity index (χ0v) is 48.0. The van der Waals surface area contributed by atoms with Crippen LogP contribution in [0.4, 0.5) is 17.1 Å². The number of unbranched alkanes of at least 4 members (excludes halogenated alkanes) is 12. The predicted molar refractivity (Wildman–Crippen MR) is 308 cm³/mol. The Bertz CT molecular complexity index is 1870. The number of halogens is 1. The summed E-state index contributed by atoms with van der Waals surface area (Å²) >= 11 is 3.64. The van der Waals surface area contributed by atoms with Gasteiger partial charge in [0.25, 0.3) is 0 Å². The van der Waals surface area contributed by atoms with E-state index in [0.717, 1.165) is 5.69 Å². The molecule has 0 bridgehead atoms. The SMILES string of the molecule is CC(C)(C)c1cc(N)cc(C(C)(C)C)c1.CCCCCC=C1C=C(CCCCCC)C=C(Br)[CH+]1.CCCCCCc1cc(CCCCCC)cc(Nc2cc(C(C)(C)C)cc(C(C)(C)C)c2)c1. The second-order valence-corrected chi connectivity index (χ2v) is 24.7. The van der Waals surface area contributed by atoms with Crippen LogP contribution in [-0.4, -0.2) is 0 Å². The van der Waals surface area contributed by atoms with Crippen molar-refractivity contribution in [2.45, 2.75) is 254 Å². The van der Waals surface area contributed by atoms with E-state index in [1.807, 2.05) is 0 Å². The molecule has 0 saturated carbocycles. The largest absolute Gasteiger partial charge is 0.399 e. The molecule has 3 aromatic carbocycles. The molecule has 374 valence electrons. The molecule has 1 aliphatic carbocycles. The molecule has 0 fully saturated rings. The summed E-state index contributed by atoms with van der Waals surface area (Å²) in [6.45, 7) is 36.3. The van der Waals surface area contributed by atoms with Gasteiger partial charge in [0, 0.05) is 47.6 Å². The van der Waals surface area contributed by atoms with E-state index in [0.29, 0.717) is 0 Å². The van der Waals surface area contributed by atoms with Gasteiger partial charge in [-0.2, -0.15) is 0 Å². The van der Waals surface area contributed by atoms with Crippen molar-refractivity contribution in [1.82, 2.24) is 0 Å². The van der Waals surface area contributed by atoms with Crippen molar-refractivity contribution in [3.05, 3.63) is 128 Å². The average molecular weight is 979 g/mol. The molecule has 0 atom stereocenters. The lowest BCUT2D eigenvalue weighted by molar-refractivity contribution is 0.568. The highest BCUT2D eigenvalue weighted by molar-refractivity contribution is 9.11. The molecule has 0 saturated heterocycles. The minimum Gasteiger partial charge on any atom is -0.399 e. The molecular formula is C64H102BrN2+. The summed E-state index contributed by atoms with van der Waals surface area (Å²) in [7, 11) is 0. The van der Waals surface area contributed by atoms with E-state index in [4.69, 9.17) is 5.73 Å². The summed E-state index contributed by atoms with van der Waals surface area (Å²) in [5, 5.41) is 3.81. The van der Waals surface area contributed by atoms with Crippen LogP contribution in [0.25, 0.3) is 0 Å². The van der Waals surface area contributed by atoms with Crippen LogP contribution in [0, 0.1) is 6.42 Å². The second kappa shape index (κ2) is 29.8. The molecule has 0 heterocycles. The molecule has 0 radical (unpaired) electrons. The fourth-order valence-corrected chi connectivity index (χ4v) is 8.80. The first-order chi connectivity index (χ1) is 31.4. The molecule has 2 nitrogen and oxygen atoms in total. The van der Waals surface area contributed by atoms with Gasteiger partial charge >= 0.3 is 0 Å². The smallest absolute Gasteiger partial charge is 0.101 e. The van der Waals surface area contributed by atoms with E-state index in [1.165, 1.54) is 182 Å². The number of hydrogen-bond donors (Lipinski definition) is 2. The van der Waals surface area contributed by atoms with Gasteiger partial charge in [0.15, 0.2) is 0 Å². The van der Waals surface area contributed by atoms with Crippen LogP contribution in [0.15, 0.2) is 88.5 Å². The lowest BCUT2D eigenvalue weighted by Crippen LogP contribution is -2.16. The van der Waals surface area contributed by atoms with Crippen LogP contribution < -0.4 is 11.1 Å². The molecule has 0 aliphatic heterocycles. The van der Waals surface area contributed by atoms with E-state index in [-0.39, 0.29) is 21.7 Å². The number of nitrogen functional groups attached to an aromatic ring is 1. The molecular weight excluding hydrogens is 877 g/mol. The van der Waals surface area contributed by atoms with E-state index >= 15 is 0 Å². The zero-order valence-electron chi connectivity index (χ0n) is 46.4. The van der Waals surface area contributed by atoms with Crippen LogP contribution in [-0.2, 0) is 34.5 Å². The fourth-order valence-electron chi connectivity index (χ4n) is 8.24.